The third-order valence-electron chi connectivity index (χ3n) is 3.64. The Balaban J connectivity index is 2.02. The van der Waals surface area contributed by atoms with Gasteiger partial charge in [-0.15, -0.1) is 0 Å². The Labute approximate surface area is 128 Å². The van der Waals surface area contributed by atoms with Crippen LogP contribution in [0.2, 0.25) is 0 Å². The smallest absolute Gasteiger partial charge is 0.272 e. The molecular formula is C15H17FN4O2. The zero-order valence-electron chi connectivity index (χ0n) is 12.5. The summed E-state index contributed by atoms with van der Waals surface area (Å²) in [6, 6.07) is 3.83. The molecule has 1 fully saturated rings. The number of nitrogens with zero attached hydrogens (tertiary/aromatic N) is 4. The van der Waals surface area contributed by atoms with E-state index in [1.54, 1.807) is 0 Å². The number of hydrogen-bond acceptors (Lipinski definition) is 4. The van der Waals surface area contributed by atoms with E-state index in [0.717, 1.165) is 12.1 Å². The van der Waals surface area contributed by atoms with Crippen LogP contribution in [0.15, 0.2) is 18.3 Å². The molecule has 6 nitrogen and oxygen atoms in total. The standard InChI is InChI=1S/C15H17FN4O2/c1-10-5-12(7-17)20(8-10)14(21)9-19(2)15(22)13-6-11(16)3-4-18-13/h3-4,6,10,12H,5,8-9H2,1-2H3. The van der Waals surface area contributed by atoms with Crippen molar-refractivity contribution >= 4 is 11.8 Å². The fourth-order valence-electron chi connectivity index (χ4n) is 2.53. The monoisotopic (exact) mass is 304 g/mol. The van der Waals surface area contributed by atoms with E-state index in [1.165, 1.54) is 23.0 Å². The van der Waals surface area contributed by atoms with Gasteiger partial charge in [0.25, 0.3) is 5.91 Å². The molecule has 0 spiro atoms. The van der Waals surface area contributed by atoms with Crippen LogP contribution >= 0.6 is 0 Å². The van der Waals surface area contributed by atoms with Crippen LogP contribution in [0.3, 0.4) is 0 Å². The maximum Gasteiger partial charge on any atom is 0.272 e. The fraction of sp³-hybridized carbons (Fsp3) is 0.467. The van der Waals surface area contributed by atoms with E-state index in [2.05, 4.69) is 11.1 Å². The van der Waals surface area contributed by atoms with E-state index < -0.39 is 17.8 Å². The number of rotatable bonds is 3. The average molecular weight is 304 g/mol. The predicted octanol–water partition coefficient (Wildman–Crippen LogP) is 1.05. The molecule has 1 aliphatic heterocycles. The van der Waals surface area contributed by atoms with E-state index >= 15 is 0 Å². The number of halogens is 1. The van der Waals surface area contributed by atoms with Crippen molar-refractivity contribution in [1.29, 1.82) is 5.26 Å². The van der Waals surface area contributed by atoms with Crippen molar-refractivity contribution < 1.29 is 14.0 Å². The lowest BCUT2D eigenvalue weighted by atomic mass is 10.1. The number of pyridine rings is 1. The van der Waals surface area contributed by atoms with Crippen molar-refractivity contribution in [3.05, 3.63) is 29.8 Å². The van der Waals surface area contributed by atoms with Crippen LogP contribution < -0.4 is 0 Å². The number of hydrogen-bond donors (Lipinski definition) is 0. The number of carbonyl (C=O) groups excluding carboxylic acids is 2. The zero-order valence-corrected chi connectivity index (χ0v) is 12.5. The van der Waals surface area contributed by atoms with E-state index in [1.807, 2.05) is 6.92 Å². The summed E-state index contributed by atoms with van der Waals surface area (Å²) in [7, 11) is 1.45. The maximum absolute atomic E-state index is 13.1. The zero-order chi connectivity index (χ0) is 16.3. The van der Waals surface area contributed by atoms with Crippen LogP contribution in [0.5, 0.6) is 0 Å². The molecule has 0 saturated carbocycles. The Bertz CT molecular complexity index is 628. The van der Waals surface area contributed by atoms with Crippen LogP contribution in [-0.2, 0) is 4.79 Å². The van der Waals surface area contributed by atoms with Gasteiger partial charge in [-0.05, 0) is 18.4 Å². The van der Waals surface area contributed by atoms with E-state index in [0.29, 0.717) is 13.0 Å². The lowest BCUT2D eigenvalue weighted by molar-refractivity contribution is -0.131. The molecule has 0 aromatic carbocycles. The topological polar surface area (TPSA) is 77.3 Å². The Kier molecular flexibility index (Phi) is 4.71. The average Bonchev–Trinajstić information content (AvgIpc) is 2.87. The third kappa shape index (κ3) is 3.39. The Hall–Kier alpha value is -2.49. The molecule has 2 unspecified atom stereocenters. The van der Waals surface area contributed by atoms with Crippen LogP contribution in [0.4, 0.5) is 4.39 Å². The first-order valence-electron chi connectivity index (χ1n) is 6.98. The molecular weight excluding hydrogens is 287 g/mol. The number of aromatic nitrogens is 1. The van der Waals surface area contributed by atoms with Crippen LogP contribution in [0, 0.1) is 23.1 Å². The second-order valence-electron chi connectivity index (χ2n) is 5.55. The van der Waals surface area contributed by atoms with E-state index in [4.69, 9.17) is 5.26 Å². The molecule has 1 aliphatic rings. The summed E-state index contributed by atoms with van der Waals surface area (Å²) in [4.78, 5) is 30.9. The summed E-state index contributed by atoms with van der Waals surface area (Å²) in [6.07, 6.45) is 1.84. The minimum atomic E-state index is -0.559. The highest BCUT2D eigenvalue weighted by atomic mass is 19.1. The molecule has 2 rings (SSSR count). The van der Waals surface area contributed by atoms with E-state index in [9.17, 15) is 14.0 Å². The largest absolute Gasteiger partial charge is 0.331 e. The van der Waals surface area contributed by atoms with Crippen molar-refractivity contribution in [2.75, 3.05) is 20.1 Å². The van der Waals surface area contributed by atoms with Crippen LogP contribution in [0.1, 0.15) is 23.8 Å². The molecule has 2 amide bonds. The van der Waals surface area contributed by atoms with Crippen molar-refractivity contribution in [1.82, 2.24) is 14.8 Å². The molecule has 0 bridgehead atoms. The molecule has 22 heavy (non-hydrogen) atoms. The number of nitriles is 1. The summed E-state index contributed by atoms with van der Waals surface area (Å²) in [5.74, 6) is -1.12. The Morgan fingerprint density at radius 2 is 2.32 bits per heavy atom. The van der Waals surface area contributed by atoms with Crippen molar-refractivity contribution in [2.45, 2.75) is 19.4 Å². The predicted molar refractivity (Wildman–Crippen MR) is 76.1 cm³/mol. The summed E-state index contributed by atoms with van der Waals surface area (Å²) >= 11 is 0. The first kappa shape index (κ1) is 15.9. The Morgan fingerprint density at radius 1 is 1.59 bits per heavy atom. The summed E-state index contributed by atoms with van der Waals surface area (Å²) in [5, 5.41) is 9.08. The molecule has 1 saturated heterocycles. The number of likely N-dealkylation sites (N-methyl/N-ethyl adjacent to an activating group) is 1. The van der Waals surface area contributed by atoms with Gasteiger partial charge in [-0.3, -0.25) is 14.6 Å². The first-order valence-corrected chi connectivity index (χ1v) is 6.98. The van der Waals surface area contributed by atoms with Gasteiger partial charge in [0.15, 0.2) is 0 Å². The molecule has 0 N–H and O–H groups in total. The normalized spacial score (nSPS) is 20.5. The van der Waals surface area contributed by atoms with Gasteiger partial charge in [-0.25, -0.2) is 4.39 Å². The van der Waals surface area contributed by atoms with Crippen LogP contribution in [-0.4, -0.2) is 52.8 Å². The highest BCUT2D eigenvalue weighted by Gasteiger charge is 2.33. The van der Waals surface area contributed by atoms with Gasteiger partial charge in [0.05, 0.1) is 12.6 Å². The molecule has 2 atom stereocenters. The van der Waals surface area contributed by atoms with E-state index in [-0.39, 0.29) is 24.1 Å². The minimum absolute atomic E-state index is 0.0538. The maximum atomic E-state index is 13.1. The van der Waals surface area contributed by atoms with Gasteiger partial charge < -0.3 is 9.80 Å². The SMILES string of the molecule is CC1CC(C#N)N(C(=O)CN(C)C(=O)c2cc(F)ccn2)C1. The molecule has 0 radical (unpaired) electrons. The number of likely N-dealkylation sites (tertiary alicyclic amines) is 1. The second kappa shape index (κ2) is 6.52. The van der Waals surface area contributed by atoms with Gasteiger partial charge in [0.1, 0.15) is 17.6 Å². The Morgan fingerprint density at radius 3 is 2.95 bits per heavy atom. The number of amides is 2. The third-order valence-corrected chi connectivity index (χ3v) is 3.64. The lowest BCUT2D eigenvalue weighted by Gasteiger charge is -2.23. The summed E-state index contributed by atoms with van der Waals surface area (Å²) < 4.78 is 13.1. The quantitative estimate of drug-likeness (QED) is 0.836. The lowest BCUT2D eigenvalue weighted by Crippen LogP contribution is -2.43. The van der Waals surface area contributed by atoms with Gasteiger partial charge in [-0.1, -0.05) is 6.92 Å². The minimum Gasteiger partial charge on any atom is -0.331 e. The molecule has 0 aliphatic carbocycles. The molecule has 2 heterocycles. The fourth-order valence-corrected chi connectivity index (χ4v) is 2.53. The molecule has 116 valence electrons. The van der Waals surface area contributed by atoms with Gasteiger partial charge >= 0.3 is 0 Å². The molecule has 1 aromatic rings. The second-order valence-corrected chi connectivity index (χ2v) is 5.55. The number of carbonyl (C=O) groups is 2. The van der Waals surface area contributed by atoms with Gasteiger partial charge in [-0.2, -0.15) is 5.26 Å². The first-order chi connectivity index (χ1) is 10.4. The van der Waals surface area contributed by atoms with Gasteiger partial charge in [0.2, 0.25) is 5.91 Å². The van der Waals surface area contributed by atoms with Crippen LogP contribution in [0.25, 0.3) is 0 Å². The molecule has 1 aromatic heterocycles. The summed E-state index contributed by atoms with van der Waals surface area (Å²) in [6.45, 7) is 2.32. The summed E-state index contributed by atoms with van der Waals surface area (Å²) in [5.41, 5.74) is -0.0538. The van der Waals surface area contributed by atoms with Gasteiger partial charge in [0, 0.05) is 25.9 Å². The molecule has 7 heteroatoms. The van der Waals surface area contributed by atoms with Crippen molar-refractivity contribution in [3.8, 4) is 6.07 Å². The highest BCUT2D eigenvalue weighted by Crippen LogP contribution is 2.22. The van der Waals surface area contributed by atoms with Crippen molar-refractivity contribution in [3.63, 3.8) is 0 Å². The highest BCUT2D eigenvalue weighted by molar-refractivity contribution is 5.94. The van der Waals surface area contributed by atoms with Crippen molar-refractivity contribution in [2.24, 2.45) is 5.92 Å².